The van der Waals surface area contributed by atoms with Crippen molar-refractivity contribution in [1.82, 2.24) is 0 Å². The minimum Gasteiger partial charge on any atom is -0.508 e. The van der Waals surface area contributed by atoms with Crippen molar-refractivity contribution in [3.8, 4) is 17.2 Å². The normalized spacial score (nSPS) is 12.7. The van der Waals surface area contributed by atoms with Crippen LogP contribution in [-0.4, -0.2) is 39.1 Å². The van der Waals surface area contributed by atoms with Gasteiger partial charge in [-0.05, 0) is 18.2 Å². The van der Waals surface area contributed by atoms with Crippen molar-refractivity contribution in [1.29, 1.82) is 0 Å². The van der Waals surface area contributed by atoms with Gasteiger partial charge in [-0.3, -0.25) is 0 Å². The van der Waals surface area contributed by atoms with Gasteiger partial charge in [-0.25, -0.2) is 4.79 Å². The lowest BCUT2D eigenvalue weighted by Gasteiger charge is -2.29. The van der Waals surface area contributed by atoms with Crippen LogP contribution >= 0.6 is 0 Å². The molecule has 24 heavy (non-hydrogen) atoms. The van der Waals surface area contributed by atoms with Crippen molar-refractivity contribution in [2.75, 3.05) is 6.61 Å². The van der Waals surface area contributed by atoms with Gasteiger partial charge < -0.3 is 25.2 Å². The van der Waals surface area contributed by atoms with Crippen LogP contribution in [-0.2, 0) is 10.2 Å². The molecule has 1 atom stereocenters. The van der Waals surface area contributed by atoms with Crippen LogP contribution in [0.5, 0.6) is 17.2 Å². The number of aliphatic hydroxyl groups excluding tert-OH is 2. The number of phenols is 2. The lowest BCUT2D eigenvalue weighted by atomic mass is 9.76. The number of phenolic OH excluding ortho intramolecular Hbond substituents is 2. The maximum atomic E-state index is 11.8. The van der Waals surface area contributed by atoms with Crippen LogP contribution in [0.2, 0.25) is 0 Å². The summed E-state index contributed by atoms with van der Waals surface area (Å²) in [7, 11) is 0. The van der Waals surface area contributed by atoms with Crippen LogP contribution in [0.1, 0.15) is 25.0 Å². The van der Waals surface area contributed by atoms with Gasteiger partial charge in [0.05, 0.1) is 6.61 Å². The van der Waals surface area contributed by atoms with Gasteiger partial charge in [0.1, 0.15) is 17.2 Å². The highest BCUT2D eigenvalue weighted by molar-refractivity contribution is 5.78. The van der Waals surface area contributed by atoms with E-state index >= 15 is 0 Å². The molecule has 1 unspecified atom stereocenters. The molecule has 0 aliphatic rings. The molecular formula is C18H20O6. The lowest BCUT2D eigenvalue weighted by molar-refractivity contribution is -0.145. The summed E-state index contributed by atoms with van der Waals surface area (Å²) in [6.07, 6.45) is -1.67. The Balaban J connectivity index is 2.53. The number of carbonyl (C=O) groups is 1. The maximum Gasteiger partial charge on any atom is 0.342 e. The predicted molar refractivity (Wildman–Crippen MR) is 87.1 cm³/mol. The van der Waals surface area contributed by atoms with Gasteiger partial charge in [-0.1, -0.05) is 38.1 Å². The van der Waals surface area contributed by atoms with Crippen molar-refractivity contribution < 1.29 is 30.0 Å². The fraction of sp³-hybridized carbons (Fsp3) is 0.278. The molecule has 0 aliphatic heterocycles. The molecular weight excluding hydrogens is 312 g/mol. The molecule has 4 N–H and O–H groups in total. The zero-order valence-electron chi connectivity index (χ0n) is 13.4. The third kappa shape index (κ3) is 3.34. The second kappa shape index (κ2) is 6.90. The van der Waals surface area contributed by atoms with Crippen molar-refractivity contribution in [2.24, 2.45) is 0 Å². The third-order valence-corrected chi connectivity index (χ3v) is 3.86. The summed E-state index contributed by atoms with van der Waals surface area (Å²) in [6.45, 7) is 2.75. The lowest BCUT2D eigenvalue weighted by Crippen LogP contribution is -2.30. The topological polar surface area (TPSA) is 107 Å². The minimum atomic E-state index is -1.67. The molecule has 2 aromatic carbocycles. The number of para-hydroxylation sites is 1. The van der Waals surface area contributed by atoms with E-state index in [4.69, 9.17) is 9.84 Å². The first-order valence-corrected chi connectivity index (χ1v) is 7.40. The van der Waals surface area contributed by atoms with Gasteiger partial charge in [-0.2, -0.15) is 0 Å². The molecule has 0 spiro atoms. The molecule has 2 rings (SSSR count). The van der Waals surface area contributed by atoms with Gasteiger partial charge in [0, 0.05) is 16.5 Å². The first-order valence-electron chi connectivity index (χ1n) is 7.40. The average Bonchev–Trinajstić information content (AvgIpc) is 2.54. The molecule has 0 amide bonds. The Kier molecular flexibility index (Phi) is 5.11. The molecule has 6 nitrogen and oxygen atoms in total. The van der Waals surface area contributed by atoms with E-state index in [-0.39, 0.29) is 22.8 Å². The number of ether oxygens (including phenoxy) is 1. The van der Waals surface area contributed by atoms with Gasteiger partial charge in [-0.15, -0.1) is 0 Å². The Morgan fingerprint density at radius 1 is 1.08 bits per heavy atom. The monoisotopic (exact) mass is 332 g/mol. The summed E-state index contributed by atoms with van der Waals surface area (Å²) < 4.78 is 5.14. The van der Waals surface area contributed by atoms with E-state index in [1.54, 1.807) is 32.0 Å². The summed E-state index contributed by atoms with van der Waals surface area (Å²) in [5.41, 5.74) is -0.0762. The van der Waals surface area contributed by atoms with Crippen molar-refractivity contribution in [3.05, 3.63) is 53.6 Å². The Labute approximate surface area is 139 Å². The van der Waals surface area contributed by atoms with E-state index in [1.807, 2.05) is 0 Å². The molecule has 0 aromatic heterocycles. The zero-order valence-corrected chi connectivity index (χ0v) is 13.4. The van der Waals surface area contributed by atoms with Crippen LogP contribution in [0.15, 0.2) is 42.5 Å². The highest BCUT2D eigenvalue weighted by atomic mass is 16.6. The number of aliphatic hydroxyl groups is 2. The Morgan fingerprint density at radius 3 is 2.33 bits per heavy atom. The first-order chi connectivity index (χ1) is 11.3. The fourth-order valence-corrected chi connectivity index (χ4v) is 2.62. The number of hydrogen-bond donors (Lipinski definition) is 4. The molecule has 0 heterocycles. The molecule has 0 fully saturated rings. The number of carbonyl (C=O) groups excluding carboxylic acids is 1. The maximum absolute atomic E-state index is 11.8. The molecule has 6 heteroatoms. The van der Waals surface area contributed by atoms with Gasteiger partial charge in [0.15, 0.2) is 6.10 Å². The Hall–Kier alpha value is -2.57. The molecule has 128 valence electrons. The van der Waals surface area contributed by atoms with Gasteiger partial charge in [0.2, 0.25) is 0 Å². The second-order valence-corrected chi connectivity index (χ2v) is 5.91. The number of esters is 1. The summed E-state index contributed by atoms with van der Waals surface area (Å²) in [5, 5.41) is 38.7. The Bertz CT molecular complexity index is 738. The smallest absolute Gasteiger partial charge is 0.342 e. The van der Waals surface area contributed by atoms with E-state index in [0.717, 1.165) is 0 Å². The predicted octanol–water partition coefficient (Wildman–Crippen LogP) is 1.68. The minimum absolute atomic E-state index is 0.0402. The van der Waals surface area contributed by atoms with E-state index in [2.05, 4.69) is 0 Å². The summed E-state index contributed by atoms with van der Waals surface area (Å²) in [6, 6.07) is 11.1. The number of benzene rings is 2. The number of hydrogen-bond acceptors (Lipinski definition) is 6. The van der Waals surface area contributed by atoms with Crippen LogP contribution in [0.4, 0.5) is 0 Å². The SMILES string of the molecule is CC(C)(c1ccccc1O)c1c(O)cccc1OC(=O)C(O)CO. The molecule has 0 bridgehead atoms. The summed E-state index contributed by atoms with van der Waals surface area (Å²) in [4.78, 5) is 11.8. The summed E-state index contributed by atoms with van der Waals surface area (Å²) >= 11 is 0. The van der Waals surface area contributed by atoms with Gasteiger partial charge >= 0.3 is 5.97 Å². The van der Waals surface area contributed by atoms with E-state index in [1.165, 1.54) is 24.3 Å². The van der Waals surface area contributed by atoms with E-state index in [0.29, 0.717) is 5.56 Å². The van der Waals surface area contributed by atoms with Crippen LogP contribution in [0.3, 0.4) is 0 Å². The Morgan fingerprint density at radius 2 is 1.71 bits per heavy atom. The van der Waals surface area contributed by atoms with Gasteiger partial charge in [0.25, 0.3) is 0 Å². The highest BCUT2D eigenvalue weighted by Crippen LogP contribution is 2.45. The largest absolute Gasteiger partial charge is 0.508 e. The third-order valence-electron chi connectivity index (χ3n) is 3.86. The first kappa shape index (κ1) is 17.8. The van der Waals surface area contributed by atoms with E-state index in [9.17, 15) is 20.1 Å². The number of rotatable bonds is 5. The van der Waals surface area contributed by atoms with Crippen LogP contribution in [0, 0.1) is 0 Å². The second-order valence-electron chi connectivity index (χ2n) is 5.91. The molecule has 2 aromatic rings. The standard InChI is InChI=1S/C18H20O6/c1-18(2,11-6-3-4-7-12(11)20)16-13(21)8-5-9-15(16)24-17(23)14(22)10-19/h3-9,14,19-22H,10H2,1-2H3. The van der Waals surface area contributed by atoms with Crippen molar-refractivity contribution in [2.45, 2.75) is 25.4 Å². The number of aromatic hydroxyl groups is 2. The van der Waals surface area contributed by atoms with Crippen LogP contribution < -0.4 is 4.74 Å². The zero-order chi connectivity index (χ0) is 17.9. The molecule has 0 aliphatic carbocycles. The van der Waals surface area contributed by atoms with Crippen LogP contribution in [0.25, 0.3) is 0 Å². The summed E-state index contributed by atoms with van der Waals surface area (Å²) in [5.74, 6) is -1.07. The quantitative estimate of drug-likeness (QED) is 0.490. The average molecular weight is 332 g/mol. The molecule has 0 radical (unpaired) electrons. The molecule has 0 saturated carbocycles. The van der Waals surface area contributed by atoms with E-state index < -0.39 is 24.1 Å². The van der Waals surface area contributed by atoms with Crippen molar-refractivity contribution >= 4 is 5.97 Å². The van der Waals surface area contributed by atoms with Crippen molar-refractivity contribution in [3.63, 3.8) is 0 Å². The highest BCUT2D eigenvalue weighted by Gasteiger charge is 2.33. The fourth-order valence-electron chi connectivity index (χ4n) is 2.62. The molecule has 0 saturated heterocycles.